The highest BCUT2D eigenvalue weighted by Crippen LogP contribution is 2.34. The van der Waals surface area contributed by atoms with E-state index in [1.165, 1.54) is 0 Å². The Labute approximate surface area is 172 Å². The molecule has 0 aliphatic carbocycles. The Kier molecular flexibility index (Phi) is 5.38. The fourth-order valence-electron chi connectivity index (χ4n) is 3.05. The maximum atomic E-state index is 12.1. The Morgan fingerprint density at radius 2 is 1.97 bits per heavy atom. The number of nitrogens with zero attached hydrogens (tertiary/aromatic N) is 3. The average molecular weight is 410 g/mol. The van der Waals surface area contributed by atoms with E-state index in [4.69, 9.17) is 9.47 Å². The van der Waals surface area contributed by atoms with Crippen LogP contribution in [-0.2, 0) is 6.54 Å². The number of anilines is 1. The predicted octanol–water partition coefficient (Wildman–Crippen LogP) is 2.12. The molecule has 0 spiro atoms. The molecule has 3 N–H and O–H groups in total. The van der Waals surface area contributed by atoms with Crippen LogP contribution in [-0.4, -0.2) is 46.3 Å². The normalized spacial score (nSPS) is 12.2. The molecule has 156 valence electrons. The van der Waals surface area contributed by atoms with Crippen LogP contribution in [0.4, 0.5) is 10.5 Å². The molecule has 1 aromatic heterocycles. The van der Waals surface area contributed by atoms with Gasteiger partial charge in [-0.3, -0.25) is 4.79 Å². The molecule has 3 aromatic rings. The van der Waals surface area contributed by atoms with Gasteiger partial charge in [-0.05, 0) is 44.2 Å². The van der Waals surface area contributed by atoms with Crippen LogP contribution in [0.1, 0.15) is 24.2 Å². The molecule has 1 aliphatic heterocycles. The van der Waals surface area contributed by atoms with Crippen molar-refractivity contribution in [3.05, 3.63) is 42.0 Å². The second-order valence-corrected chi connectivity index (χ2v) is 7.09. The van der Waals surface area contributed by atoms with Gasteiger partial charge < -0.3 is 25.4 Å². The summed E-state index contributed by atoms with van der Waals surface area (Å²) < 4.78 is 12.2. The van der Waals surface area contributed by atoms with Gasteiger partial charge in [0.2, 0.25) is 6.79 Å². The lowest BCUT2D eigenvalue weighted by Crippen LogP contribution is -2.31. The molecule has 30 heavy (non-hydrogen) atoms. The number of carbonyl (C=O) groups is 2. The molecule has 1 aliphatic rings. The van der Waals surface area contributed by atoms with Crippen molar-refractivity contribution in [1.29, 1.82) is 0 Å². The van der Waals surface area contributed by atoms with Gasteiger partial charge in [0, 0.05) is 29.9 Å². The summed E-state index contributed by atoms with van der Waals surface area (Å²) in [6.07, 6.45) is 0. The highest BCUT2D eigenvalue weighted by molar-refractivity contribution is 5.97. The summed E-state index contributed by atoms with van der Waals surface area (Å²) in [5, 5.41) is 16.6. The van der Waals surface area contributed by atoms with Gasteiger partial charge >= 0.3 is 6.03 Å². The summed E-state index contributed by atoms with van der Waals surface area (Å²) in [4.78, 5) is 24.3. The van der Waals surface area contributed by atoms with Gasteiger partial charge in [0.25, 0.3) is 5.91 Å². The monoisotopic (exact) mass is 410 g/mol. The summed E-state index contributed by atoms with van der Waals surface area (Å²) in [6, 6.07) is 10.2. The van der Waals surface area contributed by atoms with Gasteiger partial charge in [-0.2, -0.15) is 0 Å². The van der Waals surface area contributed by atoms with Gasteiger partial charge in [-0.15, -0.1) is 5.10 Å². The van der Waals surface area contributed by atoms with Crippen molar-refractivity contribution in [2.24, 2.45) is 0 Å². The molecular formula is C20H22N6O4. The summed E-state index contributed by atoms with van der Waals surface area (Å²) in [7, 11) is 0. The third-order valence-corrected chi connectivity index (χ3v) is 4.44. The second-order valence-electron chi connectivity index (χ2n) is 7.09. The fraction of sp³-hybridized carbons (Fsp3) is 0.300. The van der Waals surface area contributed by atoms with Crippen molar-refractivity contribution in [2.45, 2.75) is 26.4 Å². The highest BCUT2D eigenvalue weighted by atomic mass is 16.7. The smallest absolute Gasteiger partial charge is 0.319 e. The van der Waals surface area contributed by atoms with E-state index in [1.54, 1.807) is 41.1 Å². The SMILES string of the molecule is CC(C)NC(=O)c1ccc2c(c1)nnn2CCNC(=O)Nc1ccc2c(c1)OCO2. The molecule has 0 unspecified atom stereocenters. The van der Waals surface area contributed by atoms with Crippen molar-refractivity contribution in [1.82, 2.24) is 25.6 Å². The molecular weight excluding hydrogens is 388 g/mol. The number of rotatable bonds is 6. The van der Waals surface area contributed by atoms with Crippen molar-refractivity contribution in [2.75, 3.05) is 18.7 Å². The van der Waals surface area contributed by atoms with Crippen LogP contribution in [0.25, 0.3) is 11.0 Å². The average Bonchev–Trinajstić information content (AvgIpc) is 3.33. The Bertz CT molecular complexity index is 1090. The minimum atomic E-state index is -0.342. The third-order valence-electron chi connectivity index (χ3n) is 4.44. The zero-order valence-electron chi connectivity index (χ0n) is 16.6. The number of fused-ring (bicyclic) bond motifs is 2. The van der Waals surface area contributed by atoms with Crippen LogP contribution < -0.4 is 25.4 Å². The van der Waals surface area contributed by atoms with Crippen molar-refractivity contribution >= 4 is 28.7 Å². The summed E-state index contributed by atoms with van der Waals surface area (Å²) in [5.41, 5.74) is 2.55. The summed E-state index contributed by atoms with van der Waals surface area (Å²) >= 11 is 0. The van der Waals surface area contributed by atoms with E-state index in [0.29, 0.717) is 41.4 Å². The first-order valence-electron chi connectivity index (χ1n) is 9.58. The van der Waals surface area contributed by atoms with E-state index in [0.717, 1.165) is 5.52 Å². The van der Waals surface area contributed by atoms with Gasteiger partial charge in [-0.1, -0.05) is 5.21 Å². The molecule has 0 radical (unpaired) electrons. The Balaban J connectivity index is 1.32. The van der Waals surface area contributed by atoms with Crippen LogP contribution in [0.15, 0.2) is 36.4 Å². The molecule has 3 amide bonds. The largest absolute Gasteiger partial charge is 0.454 e. The first-order valence-corrected chi connectivity index (χ1v) is 9.58. The van der Waals surface area contributed by atoms with E-state index < -0.39 is 0 Å². The molecule has 2 aromatic carbocycles. The van der Waals surface area contributed by atoms with Gasteiger partial charge in [0.05, 0.1) is 12.1 Å². The molecule has 0 atom stereocenters. The molecule has 0 saturated carbocycles. The summed E-state index contributed by atoms with van der Waals surface area (Å²) in [5.74, 6) is 1.11. The first kappa shape index (κ1) is 19.5. The topological polar surface area (TPSA) is 119 Å². The fourth-order valence-corrected chi connectivity index (χ4v) is 3.05. The van der Waals surface area contributed by atoms with Crippen LogP contribution >= 0.6 is 0 Å². The van der Waals surface area contributed by atoms with E-state index in [1.807, 2.05) is 13.8 Å². The van der Waals surface area contributed by atoms with Gasteiger partial charge in [0.1, 0.15) is 5.52 Å². The number of benzene rings is 2. The lowest BCUT2D eigenvalue weighted by Gasteiger charge is -2.09. The number of hydrogen-bond acceptors (Lipinski definition) is 6. The molecule has 4 rings (SSSR count). The number of ether oxygens (including phenoxy) is 2. The van der Waals surface area contributed by atoms with Crippen molar-refractivity contribution < 1.29 is 19.1 Å². The summed E-state index contributed by atoms with van der Waals surface area (Å²) in [6.45, 7) is 4.78. The van der Waals surface area contributed by atoms with Gasteiger partial charge in [0.15, 0.2) is 11.5 Å². The Morgan fingerprint density at radius 1 is 1.13 bits per heavy atom. The predicted molar refractivity (Wildman–Crippen MR) is 110 cm³/mol. The molecule has 0 bridgehead atoms. The number of nitrogens with one attached hydrogen (secondary N) is 3. The van der Waals surface area contributed by atoms with E-state index in [2.05, 4.69) is 26.3 Å². The van der Waals surface area contributed by atoms with Crippen molar-refractivity contribution in [3.8, 4) is 11.5 Å². The second kappa shape index (κ2) is 8.27. The van der Waals surface area contributed by atoms with Gasteiger partial charge in [-0.25, -0.2) is 9.48 Å². The Hall–Kier alpha value is -3.82. The molecule has 10 heteroatoms. The number of amides is 3. The maximum Gasteiger partial charge on any atom is 0.319 e. The molecule has 2 heterocycles. The zero-order chi connectivity index (χ0) is 21.1. The highest BCUT2D eigenvalue weighted by Gasteiger charge is 2.14. The van der Waals surface area contributed by atoms with Crippen LogP contribution in [0.5, 0.6) is 11.5 Å². The Morgan fingerprint density at radius 3 is 2.80 bits per heavy atom. The molecule has 0 fully saturated rings. The standard InChI is InChI=1S/C20H22N6O4/c1-12(2)22-19(27)13-3-5-16-15(9-13)24-25-26(16)8-7-21-20(28)23-14-4-6-17-18(10-14)30-11-29-17/h3-6,9-10,12H,7-8,11H2,1-2H3,(H,22,27)(H2,21,23,28). The zero-order valence-corrected chi connectivity index (χ0v) is 16.6. The first-order chi connectivity index (χ1) is 14.5. The molecule has 0 saturated heterocycles. The number of urea groups is 1. The lowest BCUT2D eigenvalue weighted by molar-refractivity contribution is 0.0943. The minimum absolute atomic E-state index is 0.0544. The van der Waals surface area contributed by atoms with Crippen molar-refractivity contribution in [3.63, 3.8) is 0 Å². The van der Waals surface area contributed by atoms with E-state index >= 15 is 0 Å². The lowest BCUT2D eigenvalue weighted by atomic mass is 10.2. The third kappa shape index (κ3) is 4.27. The quantitative estimate of drug-likeness (QED) is 0.573. The number of aromatic nitrogens is 3. The minimum Gasteiger partial charge on any atom is -0.454 e. The number of carbonyl (C=O) groups excluding carboxylic acids is 2. The van der Waals surface area contributed by atoms with Crippen LogP contribution in [0.3, 0.4) is 0 Å². The molecule has 10 nitrogen and oxygen atoms in total. The van der Waals surface area contributed by atoms with E-state index in [-0.39, 0.29) is 24.8 Å². The number of hydrogen-bond donors (Lipinski definition) is 3. The maximum absolute atomic E-state index is 12.1. The van der Waals surface area contributed by atoms with E-state index in [9.17, 15) is 9.59 Å². The van der Waals surface area contributed by atoms with Crippen LogP contribution in [0, 0.1) is 0 Å². The van der Waals surface area contributed by atoms with Crippen LogP contribution in [0.2, 0.25) is 0 Å².